The Morgan fingerprint density at radius 2 is 2.12 bits per heavy atom. The van der Waals surface area contributed by atoms with Gasteiger partial charge in [-0.1, -0.05) is 24.3 Å². The van der Waals surface area contributed by atoms with E-state index in [0.717, 1.165) is 44.6 Å². The molecule has 0 spiro atoms. The molecule has 7 heteroatoms. The largest absolute Gasteiger partial charge is 0.333 e. The van der Waals surface area contributed by atoms with Crippen LogP contribution in [0.5, 0.6) is 0 Å². The van der Waals surface area contributed by atoms with Crippen LogP contribution >= 0.6 is 0 Å². The molecule has 1 aromatic heterocycles. The highest BCUT2D eigenvalue weighted by Crippen LogP contribution is 2.23. The van der Waals surface area contributed by atoms with Gasteiger partial charge < -0.3 is 9.88 Å². The summed E-state index contributed by atoms with van der Waals surface area (Å²) in [6, 6.07) is 8.20. The Morgan fingerprint density at radius 3 is 3.00 bits per heavy atom. The van der Waals surface area contributed by atoms with Crippen LogP contribution in [-0.2, 0) is 29.4 Å². The summed E-state index contributed by atoms with van der Waals surface area (Å²) in [5.41, 5.74) is 2.47. The first-order chi connectivity index (χ1) is 11.6. The van der Waals surface area contributed by atoms with Gasteiger partial charge in [0, 0.05) is 31.7 Å². The zero-order valence-electron chi connectivity index (χ0n) is 13.5. The SMILES string of the molecule is O=S(=O)(NCC1NCCc2ccccc21)c1cn2c(n1)CCCC2. The van der Waals surface area contributed by atoms with Crippen molar-refractivity contribution in [2.45, 2.75) is 43.3 Å². The Kier molecular flexibility index (Phi) is 4.15. The quantitative estimate of drug-likeness (QED) is 0.877. The van der Waals surface area contributed by atoms with Crippen molar-refractivity contribution < 1.29 is 8.42 Å². The Labute approximate surface area is 142 Å². The number of fused-ring (bicyclic) bond motifs is 2. The molecule has 0 aliphatic carbocycles. The van der Waals surface area contributed by atoms with Crippen LogP contribution in [0, 0.1) is 0 Å². The fraction of sp³-hybridized carbons (Fsp3) is 0.471. The number of sulfonamides is 1. The van der Waals surface area contributed by atoms with Crippen LogP contribution in [-0.4, -0.2) is 31.1 Å². The molecule has 0 amide bonds. The van der Waals surface area contributed by atoms with Crippen molar-refractivity contribution in [2.24, 2.45) is 0 Å². The second-order valence-corrected chi connectivity index (χ2v) is 8.17. The third-order valence-corrected chi connectivity index (χ3v) is 6.15. The molecule has 1 aromatic carbocycles. The van der Waals surface area contributed by atoms with Gasteiger partial charge in [0.2, 0.25) is 0 Å². The minimum absolute atomic E-state index is 0.00182. The third kappa shape index (κ3) is 2.99. The molecule has 1 unspecified atom stereocenters. The van der Waals surface area contributed by atoms with Crippen LogP contribution in [0.3, 0.4) is 0 Å². The summed E-state index contributed by atoms with van der Waals surface area (Å²) in [6.07, 6.45) is 5.66. The van der Waals surface area contributed by atoms with Gasteiger partial charge in [0.1, 0.15) is 5.82 Å². The van der Waals surface area contributed by atoms with Gasteiger partial charge in [0.05, 0.1) is 0 Å². The molecule has 24 heavy (non-hydrogen) atoms. The maximum absolute atomic E-state index is 12.6. The summed E-state index contributed by atoms with van der Waals surface area (Å²) in [4.78, 5) is 4.32. The van der Waals surface area contributed by atoms with E-state index >= 15 is 0 Å². The minimum Gasteiger partial charge on any atom is -0.333 e. The molecule has 128 valence electrons. The standard InChI is InChI=1S/C17H22N4O2S/c22-24(23,17-12-21-10-4-3-7-16(21)20-17)19-11-15-14-6-2-1-5-13(14)8-9-18-15/h1-2,5-6,12,15,18-19H,3-4,7-11H2. The molecule has 2 aliphatic heterocycles. The molecule has 3 heterocycles. The predicted octanol–water partition coefficient (Wildman–Crippen LogP) is 1.38. The van der Waals surface area contributed by atoms with Gasteiger partial charge in [-0.05, 0) is 36.9 Å². The van der Waals surface area contributed by atoms with Crippen LogP contribution in [0.2, 0.25) is 0 Å². The molecule has 0 saturated carbocycles. The van der Waals surface area contributed by atoms with Gasteiger partial charge in [-0.15, -0.1) is 0 Å². The Hall–Kier alpha value is -1.70. The zero-order chi connectivity index (χ0) is 16.6. The molecule has 0 fully saturated rings. The number of imidazole rings is 1. The van der Waals surface area contributed by atoms with E-state index in [9.17, 15) is 8.42 Å². The fourth-order valence-electron chi connectivity index (χ4n) is 3.56. The lowest BCUT2D eigenvalue weighted by Gasteiger charge is -2.26. The molecule has 2 aromatic rings. The maximum atomic E-state index is 12.6. The van der Waals surface area contributed by atoms with Gasteiger partial charge >= 0.3 is 0 Å². The van der Waals surface area contributed by atoms with Crippen molar-refractivity contribution in [2.75, 3.05) is 13.1 Å². The molecule has 0 bridgehead atoms. The lowest BCUT2D eigenvalue weighted by molar-refractivity contribution is 0.491. The first kappa shape index (κ1) is 15.8. The summed E-state index contributed by atoms with van der Waals surface area (Å²) in [6.45, 7) is 2.05. The molecule has 1 atom stereocenters. The Balaban J connectivity index is 1.50. The average molecular weight is 346 g/mol. The molecule has 2 aliphatic rings. The number of nitrogens with one attached hydrogen (secondary N) is 2. The molecule has 2 N–H and O–H groups in total. The summed E-state index contributed by atoms with van der Waals surface area (Å²) < 4.78 is 29.9. The molecule has 0 saturated heterocycles. The first-order valence-corrected chi connectivity index (χ1v) is 9.99. The highest BCUT2D eigenvalue weighted by atomic mass is 32.2. The zero-order valence-corrected chi connectivity index (χ0v) is 14.3. The van der Waals surface area contributed by atoms with E-state index in [2.05, 4.69) is 27.2 Å². The average Bonchev–Trinajstić information content (AvgIpc) is 3.05. The summed E-state index contributed by atoms with van der Waals surface area (Å²) >= 11 is 0. The lowest BCUT2D eigenvalue weighted by atomic mass is 9.95. The summed E-state index contributed by atoms with van der Waals surface area (Å²) in [5.74, 6) is 0.878. The second kappa shape index (κ2) is 6.31. The van der Waals surface area contributed by atoms with E-state index < -0.39 is 10.0 Å². The van der Waals surface area contributed by atoms with Gasteiger partial charge in [0.25, 0.3) is 10.0 Å². The van der Waals surface area contributed by atoms with Gasteiger partial charge in [0.15, 0.2) is 5.03 Å². The van der Waals surface area contributed by atoms with E-state index in [1.807, 2.05) is 16.7 Å². The van der Waals surface area contributed by atoms with Crippen molar-refractivity contribution in [1.82, 2.24) is 19.6 Å². The van der Waals surface area contributed by atoms with Crippen LogP contribution in [0.25, 0.3) is 0 Å². The predicted molar refractivity (Wildman–Crippen MR) is 91.2 cm³/mol. The molecular formula is C17H22N4O2S. The number of nitrogens with zero attached hydrogens (tertiary/aromatic N) is 2. The van der Waals surface area contributed by atoms with Crippen molar-refractivity contribution in [3.63, 3.8) is 0 Å². The molecule has 0 radical (unpaired) electrons. The number of benzene rings is 1. The van der Waals surface area contributed by atoms with Gasteiger partial charge in [-0.3, -0.25) is 0 Å². The Bertz CT molecular complexity index is 821. The number of aryl methyl sites for hydroxylation is 2. The van der Waals surface area contributed by atoms with E-state index in [1.54, 1.807) is 6.20 Å². The van der Waals surface area contributed by atoms with Crippen molar-refractivity contribution in [3.05, 3.63) is 47.4 Å². The monoisotopic (exact) mass is 346 g/mol. The van der Waals surface area contributed by atoms with Crippen molar-refractivity contribution in [1.29, 1.82) is 0 Å². The third-order valence-electron chi connectivity index (χ3n) is 4.85. The molecular weight excluding hydrogens is 324 g/mol. The van der Waals surface area contributed by atoms with Crippen LogP contribution in [0.4, 0.5) is 0 Å². The fourth-order valence-corrected chi connectivity index (χ4v) is 4.58. The van der Waals surface area contributed by atoms with Crippen LogP contribution < -0.4 is 10.0 Å². The normalized spacial score (nSPS) is 20.4. The number of aromatic nitrogens is 2. The molecule has 4 rings (SSSR count). The summed E-state index contributed by atoms with van der Waals surface area (Å²) in [7, 11) is -3.58. The van der Waals surface area contributed by atoms with Crippen molar-refractivity contribution in [3.8, 4) is 0 Å². The van der Waals surface area contributed by atoms with Crippen LogP contribution in [0.1, 0.15) is 35.8 Å². The van der Waals surface area contributed by atoms with Gasteiger partial charge in [-0.2, -0.15) is 0 Å². The highest BCUT2D eigenvalue weighted by molar-refractivity contribution is 7.89. The topological polar surface area (TPSA) is 76.0 Å². The maximum Gasteiger partial charge on any atom is 0.259 e. The minimum atomic E-state index is -3.58. The highest BCUT2D eigenvalue weighted by Gasteiger charge is 2.25. The van der Waals surface area contributed by atoms with Crippen molar-refractivity contribution >= 4 is 10.0 Å². The smallest absolute Gasteiger partial charge is 0.259 e. The van der Waals surface area contributed by atoms with Crippen LogP contribution in [0.15, 0.2) is 35.5 Å². The Morgan fingerprint density at radius 1 is 1.25 bits per heavy atom. The van der Waals surface area contributed by atoms with Gasteiger partial charge in [-0.25, -0.2) is 18.1 Å². The lowest BCUT2D eigenvalue weighted by Crippen LogP contribution is -2.38. The van der Waals surface area contributed by atoms with E-state index in [-0.39, 0.29) is 11.1 Å². The number of hydrogen-bond donors (Lipinski definition) is 2. The number of rotatable bonds is 4. The first-order valence-electron chi connectivity index (χ1n) is 8.50. The number of hydrogen-bond acceptors (Lipinski definition) is 4. The summed E-state index contributed by atoms with van der Waals surface area (Å²) in [5, 5.41) is 3.54. The van der Waals surface area contributed by atoms with E-state index in [1.165, 1.54) is 11.1 Å². The van der Waals surface area contributed by atoms with E-state index in [4.69, 9.17) is 0 Å². The van der Waals surface area contributed by atoms with E-state index in [0.29, 0.717) is 6.54 Å². The molecule has 6 nitrogen and oxygen atoms in total. The second-order valence-electron chi connectivity index (χ2n) is 6.45.